The normalized spacial score (nSPS) is 10.9. The second-order valence-electron chi connectivity index (χ2n) is 8.74. The molecule has 0 unspecified atom stereocenters. The van der Waals surface area contributed by atoms with Gasteiger partial charge in [-0.25, -0.2) is 9.98 Å². The van der Waals surface area contributed by atoms with Crippen molar-refractivity contribution in [2.24, 2.45) is 9.98 Å². The quantitative estimate of drug-likeness (QED) is 0.501. The molecule has 0 aliphatic heterocycles. The molecule has 0 atom stereocenters. The fourth-order valence-electron chi connectivity index (χ4n) is 1.80. The number of aliphatic imine (C=N–C) groups is 2. The van der Waals surface area contributed by atoms with Crippen LogP contribution in [0.1, 0.15) is 41.5 Å². The molecule has 0 saturated heterocycles. The Labute approximate surface area is 151 Å². The Kier molecular flexibility index (Phi) is 10.1. The third-order valence-corrected chi connectivity index (χ3v) is 2.47. The lowest BCUT2D eigenvalue weighted by molar-refractivity contribution is 0.455. The molecule has 0 N–H and O–H groups in total. The van der Waals surface area contributed by atoms with E-state index in [-0.39, 0.29) is 11.1 Å². The van der Waals surface area contributed by atoms with Crippen LogP contribution in [0, 0.1) is 0 Å². The predicted molar refractivity (Wildman–Crippen MR) is 109 cm³/mol. The second kappa shape index (κ2) is 9.74. The van der Waals surface area contributed by atoms with Gasteiger partial charge in [-0.1, -0.05) is 0 Å². The molecular weight excluding hydrogens is 300 g/mol. The van der Waals surface area contributed by atoms with Crippen molar-refractivity contribution in [2.45, 2.75) is 52.6 Å². The first-order valence-electron chi connectivity index (χ1n) is 8.37. The van der Waals surface area contributed by atoms with Gasteiger partial charge in [-0.05, 0) is 41.5 Å². The highest BCUT2D eigenvalue weighted by atomic mass is 15.3. The van der Waals surface area contributed by atoms with Crippen LogP contribution in [0.5, 0.6) is 0 Å². The summed E-state index contributed by atoms with van der Waals surface area (Å²) in [5.74, 6) is 2.00. The van der Waals surface area contributed by atoms with Gasteiger partial charge in [0.15, 0.2) is 11.9 Å². The van der Waals surface area contributed by atoms with E-state index < -0.39 is 0 Å². The van der Waals surface area contributed by atoms with E-state index in [1.807, 2.05) is 76.0 Å². The number of nitrogens with zero attached hydrogens (tertiary/aromatic N) is 6. The molecule has 0 rings (SSSR count). The standard InChI is InChI=1S/2C9H21N3/c2*1-9(2,3)10-8(11(4)5)12(6)7/h2*1-7H3. The van der Waals surface area contributed by atoms with Gasteiger partial charge in [0.25, 0.3) is 0 Å². The Morgan fingerprint density at radius 2 is 0.625 bits per heavy atom. The molecule has 0 aromatic carbocycles. The highest BCUT2D eigenvalue weighted by Gasteiger charge is 2.13. The molecule has 0 aromatic rings. The van der Waals surface area contributed by atoms with E-state index in [9.17, 15) is 0 Å². The summed E-state index contributed by atoms with van der Waals surface area (Å²) in [6.07, 6.45) is 0. The molecule has 0 aliphatic carbocycles. The van der Waals surface area contributed by atoms with Crippen LogP contribution in [0.2, 0.25) is 0 Å². The molecule has 144 valence electrons. The molecule has 0 radical (unpaired) electrons. The number of hydrogen-bond donors (Lipinski definition) is 0. The van der Waals surface area contributed by atoms with Gasteiger partial charge in [0, 0.05) is 56.4 Å². The largest absolute Gasteiger partial charge is 0.349 e. The summed E-state index contributed by atoms with van der Waals surface area (Å²) >= 11 is 0. The van der Waals surface area contributed by atoms with Crippen molar-refractivity contribution in [3.05, 3.63) is 0 Å². The zero-order valence-electron chi connectivity index (χ0n) is 18.7. The van der Waals surface area contributed by atoms with Crippen LogP contribution < -0.4 is 0 Å². The minimum absolute atomic E-state index is 0.0100. The molecule has 6 heteroatoms. The third kappa shape index (κ3) is 13.0. The first-order chi connectivity index (χ1) is 10.5. The van der Waals surface area contributed by atoms with Crippen LogP contribution in [0.25, 0.3) is 0 Å². The molecule has 0 heterocycles. The lowest BCUT2D eigenvalue weighted by Crippen LogP contribution is -2.37. The van der Waals surface area contributed by atoms with Gasteiger partial charge in [-0.15, -0.1) is 0 Å². The van der Waals surface area contributed by atoms with E-state index in [0.717, 1.165) is 11.9 Å². The number of guanidine groups is 2. The molecule has 0 aliphatic rings. The Bertz CT molecular complexity index is 346. The molecule has 6 nitrogen and oxygen atoms in total. The highest BCUT2D eigenvalue weighted by molar-refractivity contribution is 5.79. The Hall–Kier alpha value is -1.46. The minimum Gasteiger partial charge on any atom is -0.349 e. The monoisotopic (exact) mass is 342 g/mol. The summed E-state index contributed by atoms with van der Waals surface area (Å²) in [5.41, 5.74) is -0.0201. The summed E-state index contributed by atoms with van der Waals surface area (Å²) in [6.45, 7) is 12.6. The maximum Gasteiger partial charge on any atom is 0.196 e. The van der Waals surface area contributed by atoms with Crippen molar-refractivity contribution in [3.8, 4) is 0 Å². The van der Waals surface area contributed by atoms with E-state index in [4.69, 9.17) is 0 Å². The average Bonchev–Trinajstić information content (AvgIpc) is 2.30. The summed E-state index contributed by atoms with van der Waals surface area (Å²) in [4.78, 5) is 17.2. The Morgan fingerprint density at radius 1 is 0.458 bits per heavy atom. The van der Waals surface area contributed by atoms with Gasteiger partial charge in [0.1, 0.15) is 0 Å². The Balaban J connectivity index is 0. The van der Waals surface area contributed by atoms with Crippen LogP contribution >= 0.6 is 0 Å². The zero-order chi connectivity index (χ0) is 19.9. The van der Waals surface area contributed by atoms with Gasteiger partial charge >= 0.3 is 0 Å². The lowest BCUT2D eigenvalue weighted by Gasteiger charge is -2.26. The van der Waals surface area contributed by atoms with Crippen molar-refractivity contribution in [3.63, 3.8) is 0 Å². The first-order valence-corrected chi connectivity index (χ1v) is 8.37. The van der Waals surface area contributed by atoms with Gasteiger partial charge in [0.05, 0.1) is 11.1 Å². The number of rotatable bonds is 0. The van der Waals surface area contributed by atoms with Crippen molar-refractivity contribution in [2.75, 3.05) is 56.4 Å². The van der Waals surface area contributed by atoms with Crippen molar-refractivity contribution in [1.29, 1.82) is 0 Å². The highest BCUT2D eigenvalue weighted by Crippen LogP contribution is 2.08. The predicted octanol–water partition coefficient (Wildman–Crippen LogP) is 2.53. The third-order valence-electron chi connectivity index (χ3n) is 2.47. The average molecular weight is 343 g/mol. The van der Waals surface area contributed by atoms with E-state index in [0.29, 0.717) is 0 Å². The van der Waals surface area contributed by atoms with E-state index >= 15 is 0 Å². The van der Waals surface area contributed by atoms with E-state index in [1.54, 1.807) is 0 Å². The molecule has 0 saturated carbocycles. The molecular formula is C18H42N6. The van der Waals surface area contributed by atoms with Gasteiger partial charge in [-0.3, -0.25) is 0 Å². The molecule has 0 bridgehead atoms. The summed E-state index contributed by atoms with van der Waals surface area (Å²) in [7, 11) is 16.0. The van der Waals surface area contributed by atoms with Gasteiger partial charge < -0.3 is 19.6 Å². The van der Waals surface area contributed by atoms with Crippen LogP contribution in [0.4, 0.5) is 0 Å². The molecule has 0 amide bonds. The summed E-state index contributed by atoms with van der Waals surface area (Å²) in [5, 5.41) is 0. The minimum atomic E-state index is -0.0100. The van der Waals surface area contributed by atoms with Crippen molar-refractivity contribution >= 4 is 11.9 Å². The second-order valence-corrected chi connectivity index (χ2v) is 8.74. The molecule has 0 spiro atoms. The molecule has 24 heavy (non-hydrogen) atoms. The van der Waals surface area contributed by atoms with Gasteiger partial charge in [0.2, 0.25) is 0 Å². The summed E-state index contributed by atoms with van der Waals surface area (Å²) in [6, 6.07) is 0. The maximum atomic E-state index is 4.58. The zero-order valence-corrected chi connectivity index (χ0v) is 18.7. The fraction of sp³-hybridized carbons (Fsp3) is 0.889. The van der Waals surface area contributed by atoms with Crippen LogP contribution in [-0.4, -0.2) is 99.0 Å². The first kappa shape index (κ1) is 24.8. The summed E-state index contributed by atoms with van der Waals surface area (Å²) < 4.78 is 0. The maximum absolute atomic E-state index is 4.58. The van der Waals surface area contributed by atoms with Crippen LogP contribution in [0.15, 0.2) is 9.98 Å². The van der Waals surface area contributed by atoms with E-state index in [2.05, 4.69) is 51.5 Å². The fourth-order valence-corrected chi connectivity index (χ4v) is 1.80. The molecule has 0 fully saturated rings. The van der Waals surface area contributed by atoms with E-state index in [1.165, 1.54) is 0 Å². The van der Waals surface area contributed by atoms with Crippen LogP contribution in [0.3, 0.4) is 0 Å². The number of hydrogen-bond acceptors (Lipinski definition) is 2. The Morgan fingerprint density at radius 3 is 0.667 bits per heavy atom. The van der Waals surface area contributed by atoms with Crippen molar-refractivity contribution in [1.82, 2.24) is 19.6 Å². The van der Waals surface area contributed by atoms with Crippen LogP contribution in [-0.2, 0) is 0 Å². The molecule has 0 aromatic heterocycles. The smallest absolute Gasteiger partial charge is 0.196 e. The topological polar surface area (TPSA) is 37.7 Å². The SMILES string of the molecule is CN(C)C(=NC(C)(C)C)N(C)C.CN(C)C(=NC(C)(C)C)N(C)C. The lowest BCUT2D eigenvalue weighted by atomic mass is 10.1. The van der Waals surface area contributed by atoms with Gasteiger partial charge in [-0.2, -0.15) is 0 Å². The van der Waals surface area contributed by atoms with Crippen molar-refractivity contribution < 1.29 is 0 Å².